The average molecular weight is 356 g/mol. The molecule has 4 rings (SSSR count). The number of aromatic amines is 1. The number of amides is 1. The van der Waals surface area contributed by atoms with E-state index in [1.807, 2.05) is 0 Å². The van der Waals surface area contributed by atoms with Gasteiger partial charge in [0.2, 0.25) is 5.91 Å². The molecule has 0 bridgehead atoms. The van der Waals surface area contributed by atoms with Crippen molar-refractivity contribution in [2.45, 2.75) is 46.0 Å². The van der Waals surface area contributed by atoms with Crippen molar-refractivity contribution in [1.82, 2.24) is 14.6 Å². The number of carbonyl (C=O) groups is 1. The van der Waals surface area contributed by atoms with E-state index in [2.05, 4.69) is 22.3 Å². The van der Waals surface area contributed by atoms with Crippen LogP contribution >= 0.6 is 11.3 Å². The Bertz CT molecular complexity index is 1030. The van der Waals surface area contributed by atoms with Gasteiger partial charge in [0.25, 0.3) is 5.56 Å². The molecule has 0 fully saturated rings. The molecule has 0 spiro atoms. The van der Waals surface area contributed by atoms with Gasteiger partial charge in [0.1, 0.15) is 0 Å². The van der Waals surface area contributed by atoms with Crippen LogP contribution in [0.1, 0.15) is 40.1 Å². The molecule has 0 saturated heterocycles. The lowest BCUT2D eigenvalue weighted by atomic mass is 9.96. The number of fused-ring (bicyclic) bond motifs is 2. The number of aryl methyl sites for hydroxylation is 2. The lowest BCUT2D eigenvalue weighted by Crippen LogP contribution is -2.26. The maximum Gasteiger partial charge on any atom is 0.276 e. The zero-order valence-electron chi connectivity index (χ0n) is 14.3. The number of nitrogens with one attached hydrogen (secondary N) is 2. The topological polar surface area (TPSA) is 79.3 Å². The van der Waals surface area contributed by atoms with Gasteiger partial charge in [-0.1, -0.05) is 0 Å². The first-order chi connectivity index (χ1) is 12.0. The van der Waals surface area contributed by atoms with Gasteiger partial charge in [-0.2, -0.15) is 0 Å². The standard InChI is InChI=1S/C18H20N4O2S/c1-10-12-5-3-4-6-14(12)25-17(10)21-16(23)9-13-11(2)20-15-7-8-19-22(15)18(13)24/h7-8,19H,3-6,9H2,1-2H3,(H,21,23). The largest absolute Gasteiger partial charge is 0.317 e. The summed E-state index contributed by atoms with van der Waals surface area (Å²) < 4.78 is 1.37. The molecule has 2 N–H and O–H groups in total. The molecule has 0 saturated carbocycles. The number of hydrogen-bond donors (Lipinski definition) is 2. The van der Waals surface area contributed by atoms with Gasteiger partial charge in [-0.15, -0.1) is 11.3 Å². The van der Waals surface area contributed by atoms with Crippen molar-refractivity contribution in [3.8, 4) is 0 Å². The quantitative estimate of drug-likeness (QED) is 0.757. The number of hydrogen-bond acceptors (Lipinski definition) is 4. The molecular formula is C18H20N4O2S. The van der Waals surface area contributed by atoms with Crippen LogP contribution in [0.5, 0.6) is 0 Å². The third-order valence-electron chi connectivity index (χ3n) is 4.87. The van der Waals surface area contributed by atoms with Crippen molar-refractivity contribution in [2.75, 3.05) is 5.32 Å². The van der Waals surface area contributed by atoms with Crippen molar-refractivity contribution in [1.29, 1.82) is 0 Å². The zero-order chi connectivity index (χ0) is 17.6. The Balaban J connectivity index is 1.59. The summed E-state index contributed by atoms with van der Waals surface area (Å²) >= 11 is 1.68. The van der Waals surface area contributed by atoms with Gasteiger partial charge in [0.05, 0.1) is 11.4 Å². The molecule has 0 aromatic carbocycles. The number of thiophene rings is 1. The lowest BCUT2D eigenvalue weighted by Gasteiger charge is -2.10. The van der Waals surface area contributed by atoms with Gasteiger partial charge in [0, 0.05) is 28.4 Å². The van der Waals surface area contributed by atoms with Crippen molar-refractivity contribution in [2.24, 2.45) is 0 Å². The summed E-state index contributed by atoms with van der Waals surface area (Å²) in [5.74, 6) is -0.171. The molecule has 3 aromatic heterocycles. The van der Waals surface area contributed by atoms with E-state index in [1.54, 1.807) is 30.5 Å². The molecule has 3 heterocycles. The first kappa shape index (κ1) is 16.1. The SMILES string of the molecule is Cc1nc2cc[nH]n2c(=O)c1CC(=O)Nc1sc2c(c1C)CCCC2. The van der Waals surface area contributed by atoms with Gasteiger partial charge >= 0.3 is 0 Å². The van der Waals surface area contributed by atoms with Gasteiger partial charge in [-0.3, -0.25) is 14.7 Å². The summed E-state index contributed by atoms with van der Waals surface area (Å²) in [5, 5.41) is 6.76. The Hall–Kier alpha value is -2.41. The predicted octanol–water partition coefficient (Wildman–Crippen LogP) is 2.76. The Morgan fingerprint density at radius 1 is 1.36 bits per heavy atom. The minimum absolute atomic E-state index is 0.0294. The number of anilines is 1. The first-order valence-corrected chi connectivity index (χ1v) is 9.33. The Morgan fingerprint density at radius 2 is 2.16 bits per heavy atom. The summed E-state index contributed by atoms with van der Waals surface area (Å²) in [7, 11) is 0. The predicted molar refractivity (Wildman–Crippen MR) is 98.6 cm³/mol. The molecule has 1 aliphatic rings. The second kappa shape index (κ2) is 6.15. The van der Waals surface area contributed by atoms with E-state index in [0.717, 1.165) is 17.8 Å². The summed E-state index contributed by atoms with van der Waals surface area (Å²) in [6, 6.07) is 1.73. The van der Waals surface area contributed by atoms with Crippen LogP contribution in [0, 0.1) is 13.8 Å². The highest BCUT2D eigenvalue weighted by Gasteiger charge is 2.20. The average Bonchev–Trinajstić information content (AvgIpc) is 3.17. The fourth-order valence-electron chi connectivity index (χ4n) is 3.48. The highest BCUT2D eigenvalue weighted by atomic mass is 32.1. The fraction of sp³-hybridized carbons (Fsp3) is 0.389. The van der Waals surface area contributed by atoms with Crippen LogP contribution in [-0.2, 0) is 24.1 Å². The smallest absolute Gasteiger partial charge is 0.276 e. The normalized spacial score (nSPS) is 13.8. The molecule has 7 heteroatoms. The van der Waals surface area contributed by atoms with E-state index >= 15 is 0 Å². The number of aromatic nitrogens is 3. The fourth-order valence-corrected chi connectivity index (χ4v) is 4.80. The van der Waals surface area contributed by atoms with Gasteiger partial charge in [0.15, 0.2) is 5.65 Å². The molecule has 1 amide bonds. The van der Waals surface area contributed by atoms with Crippen LogP contribution in [0.3, 0.4) is 0 Å². The molecule has 6 nitrogen and oxygen atoms in total. The number of carbonyl (C=O) groups excluding carboxylic acids is 1. The second-order valence-electron chi connectivity index (χ2n) is 6.53. The molecule has 1 aliphatic carbocycles. The molecule has 0 unspecified atom stereocenters. The molecular weight excluding hydrogens is 336 g/mol. The molecule has 0 radical (unpaired) electrons. The van der Waals surface area contributed by atoms with E-state index in [1.165, 1.54) is 33.4 Å². The van der Waals surface area contributed by atoms with Crippen molar-refractivity contribution < 1.29 is 4.79 Å². The Morgan fingerprint density at radius 3 is 2.96 bits per heavy atom. The third kappa shape index (κ3) is 2.78. The third-order valence-corrected chi connectivity index (χ3v) is 6.18. The minimum atomic E-state index is -0.218. The van der Waals surface area contributed by atoms with E-state index in [0.29, 0.717) is 16.9 Å². The Kier molecular flexibility index (Phi) is 3.95. The summed E-state index contributed by atoms with van der Waals surface area (Å²) in [6.45, 7) is 3.84. The van der Waals surface area contributed by atoms with Crippen LogP contribution in [0.15, 0.2) is 17.1 Å². The van der Waals surface area contributed by atoms with E-state index < -0.39 is 0 Å². The molecule has 0 aliphatic heterocycles. The van der Waals surface area contributed by atoms with E-state index in [-0.39, 0.29) is 17.9 Å². The minimum Gasteiger partial charge on any atom is -0.317 e. The van der Waals surface area contributed by atoms with Crippen LogP contribution in [0.4, 0.5) is 5.00 Å². The number of rotatable bonds is 3. The number of H-pyrrole nitrogens is 1. The lowest BCUT2D eigenvalue weighted by molar-refractivity contribution is -0.115. The van der Waals surface area contributed by atoms with Gasteiger partial charge in [-0.25, -0.2) is 9.50 Å². The molecule has 130 valence electrons. The van der Waals surface area contributed by atoms with Crippen LogP contribution in [0.2, 0.25) is 0 Å². The molecule has 3 aromatic rings. The monoisotopic (exact) mass is 356 g/mol. The zero-order valence-corrected chi connectivity index (χ0v) is 15.1. The Labute approximate surface area is 148 Å². The number of nitrogens with zero attached hydrogens (tertiary/aromatic N) is 2. The van der Waals surface area contributed by atoms with Crippen molar-refractivity contribution in [3.63, 3.8) is 0 Å². The van der Waals surface area contributed by atoms with Gasteiger partial charge in [-0.05, 0) is 50.7 Å². The van der Waals surface area contributed by atoms with Gasteiger partial charge < -0.3 is 5.32 Å². The van der Waals surface area contributed by atoms with Crippen LogP contribution in [-0.4, -0.2) is 20.5 Å². The van der Waals surface area contributed by atoms with E-state index in [9.17, 15) is 9.59 Å². The van der Waals surface area contributed by atoms with Crippen LogP contribution in [0.25, 0.3) is 5.65 Å². The summed E-state index contributed by atoms with van der Waals surface area (Å²) in [5.41, 5.74) is 3.95. The van der Waals surface area contributed by atoms with Crippen molar-refractivity contribution in [3.05, 3.63) is 49.9 Å². The molecule has 25 heavy (non-hydrogen) atoms. The summed E-state index contributed by atoms with van der Waals surface area (Å²) in [4.78, 5) is 30.8. The summed E-state index contributed by atoms with van der Waals surface area (Å²) in [6.07, 6.45) is 6.33. The first-order valence-electron chi connectivity index (χ1n) is 8.51. The highest BCUT2D eigenvalue weighted by molar-refractivity contribution is 7.16. The molecule has 0 atom stereocenters. The second-order valence-corrected chi connectivity index (χ2v) is 7.63. The van der Waals surface area contributed by atoms with E-state index in [4.69, 9.17) is 0 Å². The maximum atomic E-state index is 12.5. The van der Waals surface area contributed by atoms with Crippen LogP contribution < -0.4 is 10.9 Å². The highest BCUT2D eigenvalue weighted by Crippen LogP contribution is 2.37. The maximum absolute atomic E-state index is 12.5. The van der Waals surface area contributed by atoms with Crippen molar-refractivity contribution >= 4 is 27.9 Å².